The van der Waals surface area contributed by atoms with Crippen LogP contribution in [0, 0.1) is 13.8 Å². The number of nitrogens with one attached hydrogen (secondary N) is 2. The van der Waals surface area contributed by atoms with E-state index in [1.54, 1.807) is 0 Å². The molecule has 0 bridgehead atoms. The van der Waals surface area contributed by atoms with Crippen LogP contribution in [0.25, 0.3) is 0 Å². The summed E-state index contributed by atoms with van der Waals surface area (Å²) in [4.78, 5) is 0. The molecule has 3 heteroatoms. The molecule has 0 aliphatic rings. The summed E-state index contributed by atoms with van der Waals surface area (Å²) in [7, 11) is 0. The molecule has 0 aliphatic heterocycles. The molecule has 2 rings (SSSR count). The third-order valence-electron chi connectivity index (χ3n) is 4.07. The van der Waals surface area contributed by atoms with Crippen LogP contribution in [0.2, 0.25) is 0 Å². The van der Waals surface area contributed by atoms with Gasteiger partial charge in [-0.15, -0.1) is 0 Å². The molecule has 1 atom stereocenters. The fourth-order valence-electron chi connectivity index (χ4n) is 2.70. The Labute approximate surface area is 145 Å². The average Bonchev–Trinajstić information content (AvgIpc) is 2.47. The van der Waals surface area contributed by atoms with Crippen molar-refractivity contribution in [3.05, 3.63) is 64.7 Å². The second kappa shape index (κ2) is 7.60. The number of thiocarbonyl (C=S) groups is 1. The minimum absolute atomic E-state index is 0.172. The molecule has 2 aromatic carbocycles. The first-order valence-electron chi connectivity index (χ1n) is 8.11. The van der Waals surface area contributed by atoms with E-state index in [9.17, 15) is 0 Å². The summed E-state index contributed by atoms with van der Waals surface area (Å²) < 4.78 is 0. The maximum absolute atomic E-state index is 5.44. The molecule has 0 saturated carbocycles. The Morgan fingerprint density at radius 1 is 0.957 bits per heavy atom. The Morgan fingerprint density at radius 3 is 2.17 bits per heavy atom. The van der Waals surface area contributed by atoms with Gasteiger partial charge in [0.2, 0.25) is 0 Å². The van der Waals surface area contributed by atoms with E-state index in [2.05, 4.69) is 87.7 Å². The molecule has 122 valence electrons. The zero-order chi connectivity index (χ0) is 17.0. The van der Waals surface area contributed by atoms with Crippen LogP contribution in [0.5, 0.6) is 0 Å². The van der Waals surface area contributed by atoms with E-state index in [1.807, 2.05) is 0 Å². The van der Waals surface area contributed by atoms with Gasteiger partial charge in [-0.2, -0.15) is 0 Å². The van der Waals surface area contributed by atoms with Crippen molar-refractivity contribution >= 4 is 23.0 Å². The van der Waals surface area contributed by atoms with Gasteiger partial charge in [0.25, 0.3) is 0 Å². The molecule has 2 nitrogen and oxygen atoms in total. The molecule has 0 fully saturated rings. The topological polar surface area (TPSA) is 24.1 Å². The summed E-state index contributed by atoms with van der Waals surface area (Å²) in [6.45, 7) is 10.8. The van der Waals surface area contributed by atoms with Crippen molar-refractivity contribution in [3.8, 4) is 0 Å². The first-order valence-corrected chi connectivity index (χ1v) is 8.52. The summed E-state index contributed by atoms with van der Waals surface area (Å²) in [5.74, 6) is 0.540. The van der Waals surface area contributed by atoms with Gasteiger partial charge < -0.3 is 10.6 Å². The number of aryl methyl sites for hydroxylation is 2. The Hall–Kier alpha value is -1.87. The van der Waals surface area contributed by atoms with Crippen LogP contribution in [-0.4, -0.2) is 5.11 Å². The number of rotatable bonds is 4. The van der Waals surface area contributed by atoms with Crippen LogP contribution in [0.4, 0.5) is 5.69 Å². The normalized spacial score (nSPS) is 12.1. The Kier molecular flexibility index (Phi) is 5.78. The third kappa shape index (κ3) is 4.80. The minimum atomic E-state index is 0.172. The van der Waals surface area contributed by atoms with Gasteiger partial charge in [-0.25, -0.2) is 0 Å². The molecule has 0 heterocycles. The fraction of sp³-hybridized carbons (Fsp3) is 0.350. The molecule has 0 radical (unpaired) electrons. The second-order valence-corrected chi connectivity index (χ2v) is 6.87. The standard InChI is InChI=1S/C20H26N2S/c1-13(2)17-7-9-18(10-8-17)22-20(23)21-16(5)19-11-6-14(3)12-15(19)4/h6-13,16H,1-5H3,(H2,21,22,23)/t16-/m1/s1. The average molecular weight is 327 g/mol. The minimum Gasteiger partial charge on any atom is -0.356 e. The summed E-state index contributed by atoms with van der Waals surface area (Å²) in [5.41, 5.74) is 6.19. The highest BCUT2D eigenvalue weighted by molar-refractivity contribution is 7.80. The van der Waals surface area contributed by atoms with Crippen molar-refractivity contribution in [2.75, 3.05) is 5.32 Å². The molecule has 0 spiro atoms. The SMILES string of the molecule is Cc1ccc([C@@H](C)NC(=S)Nc2ccc(C(C)C)cc2)c(C)c1. The van der Waals surface area contributed by atoms with Crippen LogP contribution in [0.1, 0.15) is 55.0 Å². The van der Waals surface area contributed by atoms with Gasteiger partial charge in [0, 0.05) is 5.69 Å². The molecule has 0 aliphatic carbocycles. The lowest BCUT2D eigenvalue weighted by molar-refractivity contribution is 0.717. The smallest absolute Gasteiger partial charge is 0.171 e. The summed E-state index contributed by atoms with van der Waals surface area (Å²) in [5, 5.41) is 7.27. The first-order chi connectivity index (χ1) is 10.9. The Bertz CT molecular complexity index is 675. The van der Waals surface area contributed by atoms with Gasteiger partial charge in [-0.3, -0.25) is 0 Å². The lowest BCUT2D eigenvalue weighted by Gasteiger charge is -2.19. The van der Waals surface area contributed by atoms with Crippen molar-refractivity contribution in [1.82, 2.24) is 5.32 Å². The van der Waals surface area contributed by atoms with Crippen LogP contribution in [-0.2, 0) is 0 Å². The summed E-state index contributed by atoms with van der Waals surface area (Å²) >= 11 is 5.44. The molecular weight excluding hydrogens is 300 g/mol. The number of benzene rings is 2. The number of anilines is 1. The van der Waals surface area contributed by atoms with Gasteiger partial charge in [0.1, 0.15) is 0 Å². The maximum Gasteiger partial charge on any atom is 0.171 e. The van der Waals surface area contributed by atoms with Crippen LogP contribution in [0.3, 0.4) is 0 Å². The summed E-state index contributed by atoms with van der Waals surface area (Å²) in [6.07, 6.45) is 0. The van der Waals surface area contributed by atoms with Gasteiger partial charge in [-0.05, 0) is 67.7 Å². The molecular formula is C20H26N2S. The van der Waals surface area contributed by atoms with E-state index >= 15 is 0 Å². The molecule has 0 unspecified atom stereocenters. The number of hydrogen-bond acceptors (Lipinski definition) is 1. The zero-order valence-corrected chi connectivity index (χ0v) is 15.4. The number of hydrogen-bond donors (Lipinski definition) is 2. The second-order valence-electron chi connectivity index (χ2n) is 6.46. The van der Waals surface area contributed by atoms with E-state index in [4.69, 9.17) is 12.2 Å². The van der Waals surface area contributed by atoms with Crippen molar-refractivity contribution < 1.29 is 0 Å². The highest BCUT2D eigenvalue weighted by atomic mass is 32.1. The molecule has 2 aromatic rings. The Morgan fingerprint density at radius 2 is 1.61 bits per heavy atom. The molecule has 2 N–H and O–H groups in total. The van der Waals surface area contributed by atoms with Crippen molar-refractivity contribution in [2.45, 2.75) is 46.6 Å². The van der Waals surface area contributed by atoms with E-state index in [0.29, 0.717) is 11.0 Å². The fourth-order valence-corrected chi connectivity index (χ4v) is 3.00. The predicted molar refractivity (Wildman–Crippen MR) is 104 cm³/mol. The predicted octanol–water partition coefficient (Wildman–Crippen LogP) is 5.47. The Balaban J connectivity index is 1.98. The lowest BCUT2D eigenvalue weighted by Crippen LogP contribution is -2.31. The van der Waals surface area contributed by atoms with Gasteiger partial charge in [-0.1, -0.05) is 49.7 Å². The third-order valence-corrected chi connectivity index (χ3v) is 4.29. The summed E-state index contributed by atoms with van der Waals surface area (Å²) in [6, 6.07) is 15.1. The van der Waals surface area contributed by atoms with E-state index in [0.717, 1.165) is 5.69 Å². The molecule has 0 aromatic heterocycles. The largest absolute Gasteiger partial charge is 0.356 e. The zero-order valence-electron chi connectivity index (χ0n) is 14.6. The van der Waals surface area contributed by atoms with E-state index in [-0.39, 0.29) is 6.04 Å². The monoisotopic (exact) mass is 326 g/mol. The quantitative estimate of drug-likeness (QED) is 0.728. The van der Waals surface area contributed by atoms with E-state index < -0.39 is 0 Å². The van der Waals surface area contributed by atoms with Crippen LogP contribution in [0.15, 0.2) is 42.5 Å². The highest BCUT2D eigenvalue weighted by Gasteiger charge is 2.10. The van der Waals surface area contributed by atoms with Gasteiger partial charge >= 0.3 is 0 Å². The van der Waals surface area contributed by atoms with Gasteiger partial charge in [0.05, 0.1) is 6.04 Å². The van der Waals surface area contributed by atoms with E-state index in [1.165, 1.54) is 22.3 Å². The first kappa shape index (κ1) is 17.5. The van der Waals surface area contributed by atoms with Crippen molar-refractivity contribution in [3.63, 3.8) is 0 Å². The highest BCUT2D eigenvalue weighted by Crippen LogP contribution is 2.20. The van der Waals surface area contributed by atoms with Crippen molar-refractivity contribution in [2.24, 2.45) is 0 Å². The maximum atomic E-state index is 5.44. The van der Waals surface area contributed by atoms with Crippen molar-refractivity contribution in [1.29, 1.82) is 0 Å². The molecule has 0 saturated heterocycles. The van der Waals surface area contributed by atoms with Gasteiger partial charge in [0.15, 0.2) is 5.11 Å². The van der Waals surface area contributed by atoms with Crippen LogP contribution >= 0.6 is 12.2 Å². The molecule has 23 heavy (non-hydrogen) atoms. The van der Waals surface area contributed by atoms with Crippen LogP contribution < -0.4 is 10.6 Å². The molecule has 0 amide bonds. The lowest BCUT2D eigenvalue weighted by atomic mass is 10.0.